The smallest absolute Gasteiger partial charge is 0.358 e. The van der Waals surface area contributed by atoms with Crippen molar-refractivity contribution in [3.63, 3.8) is 0 Å². The number of rotatable bonds is 7. The lowest BCUT2D eigenvalue weighted by molar-refractivity contribution is -0.129. The molecule has 1 amide bonds. The maximum absolute atomic E-state index is 12.9. The number of oxazole rings is 1. The van der Waals surface area contributed by atoms with Gasteiger partial charge in [-0.3, -0.25) is 9.59 Å². The van der Waals surface area contributed by atoms with E-state index in [1.807, 2.05) is 30.3 Å². The first kappa shape index (κ1) is 20.4. The van der Waals surface area contributed by atoms with E-state index in [9.17, 15) is 14.4 Å². The SMILES string of the molecule is Cc1oc(C(=O)C(CCc2ccccc2)NC(=O)C(C)(C)C)nc1C(=O)O. The summed E-state index contributed by atoms with van der Waals surface area (Å²) in [4.78, 5) is 40.2. The molecule has 0 saturated heterocycles. The summed E-state index contributed by atoms with van der Waals surface area (Å²) in [6, 6.07) is 8.70. The molecule has 1 aromatic heterocycles. The van der Waals surface area contributed by atoms with Crippen LogP contribution in [0.5, 0.6) is 0 Å². The lowest BCUT2D eigenvalue weighted by atomic mass is 9.94. The number of nitrogens with one attached hydrogen (secondary N) is 1. The molecule has 27 heavy (non-hydrogen) atoms. The molecule has 0 aliphatic rings. The van der Waals surface area contributed by atoms with E-state index in [2.05, 4.69) is 10.3 Å². The van der Waals surface area contributed by atoms with Gasteiger partial charge in [-0.05, 0) is 25.3 Å². The summed E-state index contributed by atoms with van der Waals surface area (Å²) < 4.78 is 5.25. The van der Waals surface area contributed by atoms with E-state index in [0.717, 1.165) is 5.56 Å². The van der Waals surface area contributed by atoms with Crippen LogP contribution in [-0.2, 0) is 11.2 Å². The molecule has 2 rings (SSSR count). The monoisotopic (exact) mass is 372 g/mol. The van der Waals surface area contributed by atoms with Gasteiger partial charge in [-0.25, -0.2) is 4.79 Å². The number of hydrogen-bond acceptors (Lipinski definition) is 5. The van der Waals surface area contributed by atoms with Crippen molar-refractivity contribution < 1.29 is 23.9 Å². The average molecular weight is 372 g/mol. The van der Waals surface area contributed by atoms with Gasteiger partial charge < -0.3 is 14.8 Å². The number of aromatic nitrogens is 1. The lowest BCUT2D eigenvalue weighted by Crippen LogP contribution is -2.46. The van der Waals surface area contributed by atoms with Crippen LogP contribution in [0.3, 0.4) is 0 Å². The van der Waals surface area contributed by atoms with E-state index in [0.29, 0.717) is 12.8 Å². The normalized spacial score (nSPS) is 12.4. The zero-order chi connectivity index (χ0) is 20.2. The van der Waals surface area contributed by atoms with Crippen LogP contribution < -0.4 is 5.32 Å². The first-order chi connectivity index (χ1) is 12.6. The molecule has 144 valence electrons. The topological polar surface area (TPSA) is 110 Å². The largest absolute Gasteiger partial charge is 0.476 e. The quantitative estimate of drug-likeness (QED) is 0.723. The van der Waals surface area contributed by atoms with Gasteiger partial charge in [0.15, 0.2) is 5.69 Å². The molecule has 1 atom stereocenters. The van der Waals surface area contributed by atoms with Gasteiger partial charge in [0.1, 0.15) is 5.76 Å². The third-order valence-corrected chi connectivity index (χ3v) is 4.08. The standard InChI is InChI=1S/C20H24N2O5/c1-12-15(18(24)25)22-17(27-12)16(23)14(21-19(26)20(2,3)4)11-10-13-8-6-5-7-9-13/h5-9,14H,10-11H2,1-4H3,(H,21,26)(H,24,25). The second-order valence-corrected chi connectivity index (χ2v) is 7.39. The maximum Gasteiger partial charge on any atom is 0.358 e. The van der Waals surface area contributed by atoms with Crippen LogP contribution in [0, 0.1) is 12.3 Å². The predicted molar refractivity (Wildman–Crippen MR) is 98.7 cm³/mol. The van der Waals surface area contributed by atoms with Crippen LogP contribution in [0.1, 0.15) is 59.7 Å². The number of benzene rings is 1. The average Bonchev–Trinajstić information content (AvgIpc) is 3.00. The molecule has 1 aromatic carbocycles. The van der Waals surface area contributed by atoms with Crippen molar-refractivity contribution in [3.05, 3.63) is 53.2 Å². The Kier molecular flexibility index (Phi) is 6.15. The fourth-order valence-electron chi connectivity index (χ4n) is 2.45. The maximum atomic E-state index is 12.9. The van der Waals surface area contributed by atoms with E-state index < -0.39 is 23.2 Å². The molecule has 0 aliphatic carbocycles. The molecule has 0 bridgehead atoms. The molecule has 0 radical (unpaired) electrons. The Morgan fingerprint density at radius 1 is 1.19 bits per heavy atom. The van der Waals surface area contributed by atoms with Gasteiger partial charge in [-0.2, -0.15) is 4.98 Å². The van der Waals surface area contributed by atoms with Crippen LogP contribution in [0.25, 0.3) is 0 Å². The molecule has 0 saturated carbocycles. The van der Waals surface area contributed by atoms with E-state index in [1.54, 1.807) is 20.8 Å². The van der Waals surface area contributed by atoms with Crippen molar-refractivity contribution >= 4 is 17.7 Å². The number of carboxylic acid groups (broad SMARTS) is 1. The Morgan fingerprint density at radius 3 is 2.33 bits per heavy atom. The number of carbonyl (C=O) groups is 3. The highest BCUT2D eigenvalue weighted by Gasteiger charge is 2.31. The lowest BCUT2D eigenvalue weighted by Gasteiger charge is -2.23. The molecule has 0 fully saturated rings. The fourth-order valence-corrected chi connectivity index (χ4v) is 2.45. The first-order valence-electron chi connectivity index (χ1n) is 8.69. The van der Waals surface area contributed by atoms with Gasteiger partial charge >= 0.3 is 5.97 Å². The minimum Gasteiger partial charge on any atom is -0.476 e. The molecule has 7 nitrogen and oxygen atoms in total. The molecule has 0 aliphatic heterocycles. The summed E-state index contributed by atoms with van der Waals surface area (Å²) in [7, 11) is 0. The third-order valence-electron chi connectivity index (χ3n) is 4.08. The number of aryl methyl sites for hydroxylation is 2. The van der Waals surface area contributed by atoms with Crippen molar-refractivity contribution in [2.75, 3.05) is 0 Å². The molecular weight excluding hydrogens is 348 g/mol. The highest BCUT2D eigenvalue weighted by atomic mass is 16.4. The van der Waals surface area contributed by atoms with Gasteiger partial charge in [0, 0.05) is 5.41 Å². The minimum atomic E-state index is -1.27. The zero-order valence-corrected chi connectivity index (χ0v) is 15.9. The Morgan fingerprint density at radius 2 is 1.81 bits per heavy atom. The van der Waals surface area contributed by atoms with Crippen molar-refractivity contribution in [3.8, 4) is 0 Å². The summed E-state index contributed by atoms with van der Waals surface area (Å²) in [5.41, 5.74) is 0.0433. The number of amides is 1. The van der Waals surface area contributed by atoms with Gasteiger partial charge in [-0.15, -0.1) is 0 Å². The molecule has 2 N–H and O–H groups in total. The Bertz CT molecular complexity index is 834. The van der Waals surface area contributed by atoms with Crippen molar-refractivity contribution in [2.24, 2.45) is 5.41 Å². The number of Topliss-reactive ketones (excluding diaryl/α,β-unsaturated/α-hetero) is 1. The first-order valence-corrected chi connectivity index (χ1v) is 8.69. The second-order valence-electron chi connectivity index (χ2n) is 7.39. The molecule has 2 aromatic rings. The number of nitrogens with zero attached hydrogens (tertiary/aromatic N) is 1. The Balaban J connectivity index is 2.24. The summed E-state index contributed by atoms with van der Waals surface area (Å²) in [6.45, 7) is 6.68. The molecular formula is C20H24N2O5. The summed E-state index contributed by atoms with van der Waals surface area (Å²) in [5.74, 6) is -2.35. The Hall–Kier alpha value is -2.96. The number of carbonyl (C=O) groups excluding carboxylic acids is 2. The zero-order valence-electron chi connectivity index (χ0n) is 15.9. The molecule has 1 unspecified atom stereocenters. The van der Waals surface area contributed by atoms with Gasteiger partial charge in [-0.1, -0.05) is 51.1 Å². The summed E-state index contributed by atoms with van der Waals surface area (Å²) in [5, 5.41) is 11.8. The number of aromatic carboxylic acids is 1. The number of carboxylic acids is 1. The van der Waals surface area contributed by atoms with E-state index in [1.165, 1.54) is 6.92 Å². The molecule has 7 heteroatoms. The van der Waals surface area contributed by atoms with Crippen molar-refractivity contribution in [2.45, 2.75) is 46.6 Å². The van der Waals surface area contributed by atoms with Crippen molar-refractivity contribution in [1.82, 2.24) is 10.3 Å². The molecule has 1 heterocycles. The van der Waals surface area contributed by atoms with E-state index >= 15 is 0 Å². The third kappa shape index (κ3) is 5.26. The van der Waals surface area contributed by atoms with E-state index in [-0.39, 0.29) is 23.3 Å². The second kappa shape index (κ2) is 8.16. The van der Waals surface area contributed by atoms with Crippen LogP contribution >= 0.6 is 0 Å². The number of hydrogen-bond donors (Lipinski definition) is 2. The van der Waals surface area contributed by atoms with E-state index in [4.69, 9.17) is 9.52 Å². The highest BCUT2D eigenvalue weighted by Crippen LogP contribution is 2.17. The Labute approximate surface area is 157 Å². The number of ketones is 1. The highest BCUT2D eigenvalue weighted by molar-refractivity contribution is 6.00. The summed E-state index contributed by atoms with van der Waals surface area (Å²) >= 11 is 0. The van der Waals surface area contributed by atoms with Gasteiger partial charge in [0.25, 0.3) is 5.89 Å². The van der Waals surface area contributed by atoms with Gasteiger partial charge in [0.2, 0.25) is 11.7 Å². The van der Waals surface area contributed by atoms with Crippen molar-refractivity contribution in [1.29, 1.82) is 0 Å². The minimum absolute atomic E-state index is 0.0507. The van der Waals surface area contributed by atoms with Crippen LogP contribution in [-0.4, -0.2) is 33.8 Å². The molecule has 0 spiro atoms. The fraction of sp³-hybridized carbons (Fsp3) is 0.400. The van der Waals surface area contributed by atoms with Crippen LogP contribution in [0.15, 0.2) is 34.7 Å². The summed E-state index contributed by atoms with van der Waals surface area (Å²) in [6.07, 6.45) is 0.904. The van der Waals surface area contributed by atoms with Crippen LogP contribution in [0.2, 0.25) is 0 Å². The predicted octanol–water partition coefficient (Wildman–Crippen LogP) is 3.03. The van der Waals surface area contributed by atoms with Gasteiger partial charge in [0.05, 0.1) is 6.04 Å². The van der Waals surface area contributed by atoms with Crippen LogP contribution in [0.4, 0.5) is 0 Å².